The molecule has 3 heteroatoms. The lowest BCUT2D eigenvalue weighted by Gasteiger charge is -2.41. The van der Waals surface area contributed by atoms with E-state index < -0.39 is 0 Å². The Morgan fingerprint density at radius 2 is 2.00 bits per heavy atom. The molecule has 0 amide bonds. The summed E-state index contributed by atoms with van der Waals surface area (Å²) >= 11 is 2.12. The molecule has 1 fully saturated rings. The largest absolute Gasteiger partial charge is 0.315 e. The van der Waals surface area contributed by atoms with E-state index in [9.17, 15) is 0 Å². The molecule has 1 heterocycles. The van der Waals surface area contributed by atoms with Crippen LogP contribution in [-0.2, 0) is 0 Å². The third kappa shape index (κ3) is 5.62. The van der Waals surface area contributed by atoms with E-state index in [1.807, 2.05) is 0 Å². The maximum Gasteiger partial charge on any atom is 0.0231 e. The van der Waals surface area contributed by atoms with Crippen molar-refractivity contribution in [1.82, 2.24) is 10.2 Å². The van der Waals surface area contributed by atoms with Crippen LogP contribution in [0.3, 0.4) is 0 Å². The molecule has 1 saturated heterocycles. The van der Waals surface area contributed by atoms with E-state index in [1.54, 1.807) is 0 Å². The molecule has 2 nitrogen and oxygen atoms in total. The third-order valence-electron chi connectivity index (χ3n) is 3.38. The molecule has 102 valence electrons. The second-order valence-electron chi connectivity index (χ2n) is 6.19. The Morgan fingerprint density at radius 1 is 1.29 bits per heavy atom. The van der Waals surface area contributed by atoms with Gasteiger partial charge in [0.2, 0.25) is 0 Å². The van der Waals surface area contributed by atoms with Crippen molar-refractivity contribution >= 4 is 11.8 Å². The smallest absolute Gasteiger partial charge is 0.0231 e. The minimum Gasteiger partial charge on any atom is -0.315 e. The van der Waals surface area contributed by atoms with Crippen LogP contribution in [-0.4, -0.2) is 47.6 Å². The highest BCUT2D eigenvalue weighted by atomic mass is 32.2. The van der Waals surface area contributed by atoms with Crippen LogP contribution in [0.15, 0.2) is 0 Å². The van der Waals surface area contributed by atoms with Crippen molar-refractivity contribution in [1.29, 1.82) is 0 Å². The first-order chi connectivity index (χ1) is 7.94. The van der Waals surface area contributed by atoms with Crippen molar-refractivity contribution in [2.75, 3.05) is 31.9 Å². The summed E-state index contributed by atoms with van der Waals surface area (Å²) in [6.45, 7) is 16.4. The van der Waals surface area contributed by atoms with E-state index in [4.69, 9.17) is 0 Å². The maximum atomic E-state index is 3.61. The van der Waals surface area contributed by atoms with Gasteiger partial charge in [-0.3, -0.25) is 4.90 Å². The molecule has 0 aromatic carbocycles. The SMILES string of the molecule is CCC(CNCC(C)C)N1CCSC(C)(C)C1. The van der Waals surface area contributed by atoms with E-state index in [1.165, 1.54) is 25.3 Å². The van der Waals surface area contributed by atoms with Gasteiger partial charge in [0.15, 0.2) is 0 Å². The van der Waals surface area contributed by atoms with Crippen molar-refractivity contribution in [3.8, 4) is 0 Å². The molecule has 0 aromatic rings. The Kier molecular flexibility index (Phi) is 6.32. The second kappa shape index (κ2) is 7.01. The molecule has 1 N–H and O–H groups in total. The van der Waals surface area contributed by atoms with Gasteiger partial charge in [0.1, 0.15) is 0 Å². The summed E-state index contributed by atoms with van der Waals surface area (Å²) in [5, 5.41) is 3.61. The van der Waals surface area contributed by atoms with Gasteiger partial charge in [-0.05, 0) is 32.7 Å². The van der Waals surface area contributed by atoms with Crippen LogP contribution in [0.25, 0.3) is 0 Å². The first kappa shape index (κ1) is 15.3. The monoisotopic (exact) mass is 258 g/mol. The van der Waals surface area contributed by atoms with Crippen LogP contribution in [0.2, 0.25) is 0 Å². The number of nitrogens with zero attached hydrogens (tertiary/aromatic N) is 1. The molecule has 1 atom stereocenters. The molecule has 0 radical (unpaired) electrons. The fourth-order valence-electron chi connectivity index (χ4n) is 2.43. The van der Waals surface area contributed by atoms with Crippen LogP contribution in [0.1, 0.15) is 41.0 Å². The fraction of sp³-hybridized carbons (Fsp3) is 1.00. The average Bonchev–Trinajstić information content (AvgIpc) is 2.22. The van der Waals surface area contributed by atoms with Gasteiger partial charge in [-0.15, -0.1) is 0 Å². The number of hydrogen-bond donors (Lipinski definition) is 1. The summed E-state index contributed by atoms with van der Waals surface area (Å²) in [4.78, 5) is 2.68. The predicted molar refractivity (Wildman–Crippen MR) is 79.9 cm³/mol. The molecule has 1 aliphatic heterocycles. The molecule has 1 aliphatic rings. The molecule has 0 spiro atoms. The minimum atomic E-state index is 0.434. The van der Waals surface area contributed by atoms with E-state index in [0.717, 1.165) is 19.0 Å². The summed E-state index contributed by atoms with van der Waals surface area (Å²) in [6.07, 6.45) is 1.26. The zero-order valence-corrected chi connectivity index (χ0v) is 13.1. The summed E-state index contributed by atoms with van der Waals surface area (Å²) in [6, 6.07) is 0.717. The van der Waals surface area contributed by atoms with Gasteiger partial charge >= 0.3 is 0 Å². The summed E-state index contributed by atoms with van der Waals surface area (Å²) in [5.41, 5.74) is 0. The van der Waals surface area contributed by atoms with Gasteiger partial charge in [0, 0.05) is 36.2 Å². The molecular formula is C14H30N2S. The normalized spacial score (nSPS) is 22.9. The molecular weight excluding hydrogens is 228 g/mol. The van der Waals surface area contributed by atoms with Gasteiger partial charge in [0.25, 0.3) is 0 Å². The zero-order valence-electron chi connectivity index (χ0n) is 12.3. The van der Waals surface area contributed by atoms with E-state index in [2.05, 4.69) is 56.6 Å². The van der Waals surface area contributed by atoms with Crippen molar-refractivity contribution in [3.05, 3.63) is 0 Å². The molecule has 0 aromatic heterocycles. The van der Waals surface area contributed by atoms with Crippen molar-refractivity contribution < 1.29 is 0 Å². The zero-order chi connectivity index (χ0) is 12.9. The highest BCUT2D eigenvalue weighted by molar-refractivity contribution is 8.00. The van der Waals surface area contributed by atoms with Crippen molar-refractivity contribution in [3.63, 3.8) is 0 Å². The topological polar surface area (TPSA) is 15.3 Å². The van der Waals surface area contributed by atoms with Gasteiger partial charge in [-0.1, -0.05) is 20.8 Å². The van der Waals surface area contributed by atoms with Gasteiger partial charge in [-0.25, -0.2) is 0 Å². The number of nitrogens with one attached hydrogen (secondary N) is 1. The van der Waals surface area contributed by atoms with Crippen LogP contribution >= 0.6 is 11.8 Å². The van der Waals surface area contributed by atoms with Gasteiger partial charge in [0.05, 0.1) is 0 Å². The van der Waals surface area contributed by atoms with Crippen LogP contribution in [0.4, 0.5) is 0 Å². The molecule has 1 unspecified atom stereocenters. The van der Waals surface area contributed by atoms with E-state index in [-0.39, 0.29) is 0 Å². The highest BCUT2D eigenvalue weighted by Crippen LogP contribution is 2.30. The third-order valence-corrected chi connectivity index (χ3v) is 4.67. The number of hydrogen-bond acceptors (Lipinski definition) is 3. The molecule has 17 heavy (non-hydrogen) atoms. The standard InChI is InChI=1S/C14H30N2S/c1-6-13(10-15-9-12(2)3)16-7-8-17-14(4,5)11-16/h12-13,15H,6-11H2,1-5H3. The molecule has 0 aliphatic carbocycles. The average molecular weight is 258 g/mol. The maximum absolute atomic E-state index is 3.61. The Morgan fingerprint density at radius 3 is 2.53 bits per heavy atom. The molecule has 1 rings (SSSR count). The van der Waals surface area contributed by atoms with Gasteiger partial charge in [-0.2, -0.15) is 11.8 Å². The molecule has 0 saturated carbocycles. The summed E-state index contributed by atoms with van der Waals surface area (Å²) < 4.78 is 0.434. The predicted octanol–water partition coefficient (Wildman–Crippen LogP) is 2.84. The fourth-order valence-corrected chi connectivity index (χ4v) is 3.57. The van der Waals surface area contributed by atoms with Crippen LogP contribution in [0.5, 0.6) is 0 Å². The van der Waals surface area contributed by atoms with Crippen LogP contribution in [0, 0.1) is 5.92 Å². The van der Waals surface area contributed by atoms with Crippen LogP contribution < -0.4 is 5.32 Å². The first-order valence-electron chi connectivity index (χ1n) is 7.03. The minimum absolute atomic E-state index is 0.434. The van der Waals surface area contributed by atoms with E-state index >= 15 is 0 Å². The summed E-state index contributed by atoms with van der Waals surface area (Å²) in [7, 11) is 0. The van der Waals surface area contributed by atoms with Crippen molar-refractivity contribution in [2.45, 2.75) is 51.8 Å². The highest BCUT2D eigenvalue weighted by Gasteiger charge is 2.30. The lowest BCUT2D eigenvalue weighted by Crippen LogP contribution is -2.51. The lowest BCUT2D eigenvalue weighted by atomic mass is 10.1. The first-order valence-corrected chi connectivity index (χ1v) is 8.02. The Labute approximate surface area is 112 Å². The lowest BCUT2D eigenvalue weighted by molar-refractivity contribution is 0.177. The Bertz CT molecular complexity index is 216. The Balaban J connectivity index is 2.38. The number of rotatable bonds is 6. The van der Waals surface area contributed by atoms with Crippen molar-refractivity contribution in [2.24, 2.45) is 5.92 Å². The molecule has 0 bridgehead atoms. The number of thioether (sulfide) groups is 1. The quantitative estimate of drug-likeness (QED) is 0.789. The van der Waals surface area contributed by atoms with E-state index in [0.29, 0.717) is 10.8 Å². The second-order valence-corrected chi connectivity index (χ2v) is 7.99. The van der Waals surface area contributed by atoms with Gasteiger partial charge < -0.3 is 5.32 Å². The Hall–Kier alpha value is 0.270. The summed E-state index contributed by atoms with van der Waals surface area (Å²) in [5.74, 6) is 2.04.